The summed E-state index contributed by atoms with van der Waals surface area (Å²) < 4.78 is 48.1. The molecule has 4 nitrogen and oxygen atoms in total. The maximum atomic E-state index is 8.58. The molecule has 0 amide bonds. The average Bonchev–Trinajstić information content (AvgIpc) is 3.69. The Labute approximate surface area is 326 Å². The summed E-state index contributed by atoms with van der Waals surface area (Å²) in [4.78, 5) is 14.9. The summed E-state index contributed by atoms with van der Waals surface area (Å²) in [5.74, 6) is 1.29. The van der Waals surface area contributed by atoms with Crippen LogP contribution in [0, 0.1) is 0 Å². The molecule has 0 unspecified atom stereocenters. The van der Waals surface area contributed by atoms with Crippen LogP contribution in [-0.2, 0) is 0 Å². The molecule has 10 rings (SSSR count). The standard InChI is InChI=1S/C51H33N3O/c1-4-12-34(13-5-1)36-22-24-37(25-23-36)38-26-28-39(29-27-38)44-20-11-21-47-48(44)45-33-43(30-31-46(45)55-47)51-53-49(40-16-8-3-9-17-40)52-50(54-51)42-19-10-18-41(32-42)35-14-6-2-7-15-35/h1-33H/i2D,6D,7D,14D,15D. The monoisotopic (exact) mass is 708 g/mol. The molecule has 0 aliphatic rings. The fourth-order valence-electron chi connectivity index (χ4n) is 7.09. The molecule has 2 aromatic heterocycles. The highest BCUT2D eigenvalue weighted by molar-refractivity contribution is 6.13. The molecule has 0 radical (unpaired) electrons. The van der Waals surface area contributed by atoms with E-state index in [0.717, 1.165) is 55.3 Å². The Morgan fingerprint density at radius 3 is 1.49 bits per heavy atom. The second-order valence-electron chi connectivity index (χ2n) is 13.3. The molecule has 0 bridgehead atoms. The maximum absolute atomic E-state index is 8.58. The van der Waals surface area contributed by atoms with Crippen molar-refractivity contribution in [2.24, 2.45) is 0 Å². The van der Waals surface area contributed by atoms with E-state index in [2.05, 4.69) is 84.9 Å². The van der Waals surface area contributed by atoms with E-state index in [1.165, 1.54) is 11.1 Å². The zero-order valence-electron chi connectivity index (χ0n) is 34.4. The molecular weight excluding hydrogens is 671 g/mol. The highest BCUT2D eigenvalue weighted by atomic mass is 16.3. The SMILES string of the molecule is [2H]c1c([2H])c([2H])c(-c2cccc(-c3nc(-c4ccccc4)nc(-c4ccc5oc6cccc(-c7ccc(-c8ccc(-c9ccccc9)cc8)cc7)c6c5c4)n3)c2)c([2H])c1[2H]. The van der Waals surface area contributed by atoms with E-state index in [9.17, 15) is 0 Å². The second-order valence-corrected chi connectivity index (χ2v) is 13.3. The Bertz CT molecular complexity index is 3210. The summed E-state index contributed by atoms with van der Waals surface area (Å²) in [6.45, 7) is 0. The first-order chi connectivity index (χ1) is 29.3. The molecule has 258 valence electrons. The highest BCUT2D eigenvalue weighted by Crippen LogP contribution is 2.39. The molecule has 55 heavy (non-hydrogen) atoms. The van der Waals surface area contributed by atoms with E-state index < -0.39 is 18.1 Å². The minimum atomic E-state index is -0.437. The van der Waals surface area contributed by atoms with Gasteiger partial charge in [-0.25, -0.2) is 15.0 Å². The molecule has 0 N–H and O–H groups in total. The number of rotatable bonds is 7. The van der Waals surface area contributed by atoms with Crippen molar-refractivity contribution in [3.8, 4) is 78.7 Å². The van der Waals surface area contributed by atoms with Crippen LogP contribution < -0.4 is 0 Å². The van der Waals surface area contributed by atoms with Crippen LogP contribution in [0.25, 0.3) is 101 Å². The van der Waals surface area contributed by atoms with Crippen molar-refractivity contribution >= 4 is 21.9 Å². The zero-order chi connectivity index (χ0) is 40.9. The summed E-state index contributed by atoms with van der Waals surface area (Å²) in [5, 5.41) is 1.91. The molecule has 0 atom stereocenters. The molecule has 8 aromatic carbocycles. The van der Waals surface area contributed by atoms with Crippen molar-refractivity contribution in [2.75, 3.05) is 0 Å². The average molecular weight is 709 g/mol. The van der Waals surface area contributed by atoms with Crippen LogP contribution in [-0.4, -0.2) is 15.0 Å². The minimum absolute atomic E-state index is 0.112. The smallest absolute Gasteiger partial charge is 0.164 e. The van der Waals surface area contributed by atoms with Gasteiger partial charge in [-0.3, -0.25) is 0 Å². The fourth-order valence-corrected chi connectivity index (χ4v) is 7.09. The van der Waals surface area contributed by atoms with Gasteiger partial charge in [0, 0.05) is 27.5 Å². The highest BCUT2D eigenvalue weighted by Gasteiger charge is 2.17. The number of benzene rings is 8. The van der Waals surface area contributed by atoms with Gasteiger partial charge >= 0.3 is 0 Å². The molecule has 10 aromatic rings. The first-order valence-corrected chi connectivity index (χ1v) is 18.0. The number of furan rings is 1. The van der Waals surface area contributed by atoms with Crippen molar-refractivity contribution in [1.82, 2.24) is 15.0 Å². The fraction of sp³-hybridized carbons (Fsp3) is 0. The van der Waals surface area contributed by atoms with Crippen LogP contribution in [0.1, 0.15) is 6.85 Å². The number of aromatic nitrogens is 3. The third-order valence-electron chi connectivity index (χ3n) is 9.85. The van der Waals surface area contributed by atoms with Crippen LogP contribution >= 0.6 is 0 Å². The lowest BCUT2D eigenvalue weighted by Crippen LogP contribution is -2.00. The normalized spacial score (nSPS) is 12.5. The van der Waals surface area contributed by atoms with Gasteiger partial charge in [0.05, 0.1) is 6.85 Å². The van der Waals surface area contributed by atoms with E-state index in [0.29, 0.717) is 28.6 Å². The van der Waals surface area contributed by atoms with E-state index in [1.54, 1.807) is 18.2 Å². The molecular formula is C51H33N3O. The van der Waals surface area contributed by atoms with E-state index >= 15 is 0 Å². The van der Waals surface area contributed by atoms with Gasteiger partial charge in [-0.15, -0.1) is 0 Å². The van der Waals surface area contributed by atoms with Gasteiger partial charge in [0.15, 0.2) is 17.5 Å². The largest absolute Gasteiger partial charge is 0.456 e. The number of nitrogens with zero attached hydrogens (tertiary/aromatic N) is 3. The van der Waals surface area contributed by atoms with Gasteiger partial charge < -0.3 is 4.42 Å². The summed E-state index contributed by atoms with van der Waals surface area (Å²) in [5.41, 5.74) is 11.0. The maximum Gasteiger partial charge on any atom is 0.164 e. The minimum Gasteiger partial charge on any atom is -0.456 e. The zero-order valence-corrected chi connectivity index (χ0v) is 29.4. The Morgan fingerprint density at radius 2 is 0.836 bits per heavy atom. The Balaban J connectivity index is 1.05. The molecule has 0 spiro atoms. The first kappa shape index (κ1) is 27.2. The quantitative estimate of drug-likeness (QED) is 0.165. The Kier molecular flexibility index (Phi) is 6.85. The third kappa shape index (κ3) is 6.26. The lowest BCUT2D eigenvalue weighted by Gasteiger charge is -2.10. The molecule has 0 aliphatic heterocycles. The van der Waals surface area contributed by atoms with Crippen LogP contribution in [0.15, 0.2) is 204 Å². The summed E-state index contributed by atoms with van der Waals surface area (Å²) in [6.07, 6.45) is 0. The van der Waals surface area contributed by atoms with Crippen LogP contribution in [0.5, 0.6) is 0 Å². The van der Waals surface area contributed by atoms with E-state index in [-0.39, 0.29) is 17.6 Å². The van der Waals surface area contributed by atoms with Crippen molar-refractivity contribution in [2.45, 2.75) is 0 Å². The molecule has 2 heterocycles. The predicted octanol–water partition coefficient (Wildman–Crippen LogP) is 13.4. The topological polar surface area (TPSA) is 51.8 Å². The van der Waals surface area contributed by atoms with Crippen molar-refractivity contribution in [3.63, 3.8) is 0 Å². The van der Waals surface area contributed by atoms with E-state index in [4.69, 9.17) is 26.2 Å². The number of hydrogen-bond acceptors (Lipinski definition) is 4. The van der Waals surface area contributed by atoms with Gasteiger partial charge in [0.25, 0.3) is 0 Å². The number of hydrogen-bond donors (Lipinski definition) is 0. The van der Waals surface area contributed by atoms with E-state index in [1.807, 2.05) is 66.7 Å². The van der Waals surface area contributed by atoms with Gasteiger partial charge in [-0.05, 0) is 74.8 Å². The molecule has 0 fully saturated rings. The third-order valence-corrected chi connectivity index (χ3v) is 9.85. The van der Waals surface area contributed by atoms with Gasteiger partial charge in [-0.2, -0.15) is 0 Å². The molecule has 0 saturated carbocycles. The molecule has 0 aliphatic carbocycles. The van der Waals surface area contributed by atoms with Crippen molar-refractivity contribution in [1.29, 1.82) is 0 Å². The van der Waals surface area contributed by atoms with Crippen LogP contribution in [0.2, 0.25) is 0 Å². The number of fused-ring (bicyclic) bond motifs is 3. The van der Waals surface area contributed by atoms with Crippen molar-refractivity contribution in [3.05, 3.63) is 200 Å². The molecule has 0 saturated heterocycles. The van der Waals surface area contributed by atoms with Gasteiger partial charge in [0.2, 0.25) is 0 Å². The Hall–Kier alpha value is -7.43. The van der Waals surface area contributed by atoms with Crippen molar-refractivity contribution < 1.29 is 11.3 Å². The molecule has 4 heteroatoms. The summed E-state index contributed by atoms with van der Waals surface area (Å²) in [6, 6.07) is 54.7. The Morgan fingerprint density at radius 1 is 0.345 bits per heavy atom. The first-order valence-electron chi connectivity index (χ1n) is 20.5. The van der Waals surface area contributed by atoms with Gasteiger partial charge in [-0.1, -0.05) is 170 Å². The van der Waals surface area contributed by atoms with Gasteiger partial charge in [0.1, 0.15) is 11.2 Å². The predicted molar refractivity (Wildman–Crippen MR) is 225 cm³/mol. The summed E-state index contributed by atoms with van der Waals surface area (Å²) >= 11 is 0. The summed E-state index contributed by atoms with van der Waals surface area (Å²) in [7, 11) is 0. The lowest BCUT2D eigenvalue weighted by atomic mass is 9.96. The second kappa shape index (κ2) is 13.8. The van der Waals surface area contributed by atoms with Crippen LogP contribution in [0.3, 0.4) is 0 Å². The van der Waals surface area contributed by atoms with Crippen LogP contribution in [0.4, 0.5) is 0 Å². The lowest BCUT2D eigenvalue weighted by molar-refractivity contribution is 0.669.